The third-order valence-corrected chi connectivity index (χ3v) is 4.61. The minimum Gasteiger partial charge on any atom is -0.367 e. The number of pyridine rings is 1. The van der Waals surface area contributed by atoms with Crippen molar-refractivity contribution >= 4 is 46.4 Å². The van der Waals surface area contributed by atoms with Crippen molar-refractivity contribution in [2.24, 2.45) is 0 Å². The minimum absolute atomic E-state index is 0.198. The highest BCUT2D eigenvalue weighted by molar-refractivity contribution is 6.34. The normalized spacial score (nSPS) is 14.9. The van der Waals surface area contributed by atoms with E-state index in [4.69, 9.17) is 34.8 Å². The van der Waals surface area contributed by atoms with Gasteiger partial charge >= 0.3 is 0 Å². The lowest BCUT2D eigenvalue weighted by atomic mass is 10.2. The van der Waals surface area contributed by atoms with Crippen LogP contribution in [-0.2, 0) is 0 Å². The van der Waals surface area contributed by atoms with Gasteiger partial charge in [0.1, 0.15) is 10.8 Å². The number of nitrogens with zero attached hydrogens (tertiary/aromatic N) is 3. The van der Waals surface area contributed by atoms with Gasteiger partial charge in [-0.05, 0) is 24.3 Å². The minimum atomic E-state index is -0.198. The summed E-state index contributed by atoms with van der Waals surface area (Å²) in [4.78, 5) is 20.5. The molecule has 7 heteroatoms. The van der Waals surface area contributed by atoms with E-state index >= 15 is 0 Å². The summed E-state index contributed by atoms with van der Waals surface area (Å²) in [5, 5.41) is 1.28. The molecule has 23 heavy (non-hydrogen) atoms. The molecule has 1 aromatic heterocycles. The number of piperazine rings is 1. The first-order valence-electron chi connectivity index (χ1n) is 7.17. The molecule has 1 aliphatic rings. The number of rotatable bonds is 2. The largest absolute Gasteiger partial charge is 0.367 e. The number of para-hydroxylation sites is 1. The second-order valence-corrected chi connectivity index (χ2v) is 6.40. The zero-order valence-electron chi connectivity index (χ0n) is 12.2. The zero-order chi connectivity index (χ0) is 16.4. The van der Waals surface area contributed by atoms with Crippen molar-refractivity contribution in [3.8, 4) is 0 Å². The molecule has 1 amide bonds. The van der Waals surface area contributed by atoms with Crippen molar-refractivity contribution in [1.29, 1.82) is 0 Å². The molecule has 0 unspecified atom stereocenters. The Morgan fingerprint density at radius 1 is 0.913 bits per heavy atom. The van der Waals surface area contributed by atoms with Crippen LogP contribution in [0.2, 0.25) is 15.2 Å². The lowest BCUT2D eigenvalue weighted by molar-refractivity contribution is 0.0741. The Bertz CT molecular complexity index is 730. The maximum Gasteiger partial charge on any atom is 0.274 e. The second-order valence-electron chi connectivity index (χ2n) is 5.20. The molecule has 1 saturated heterocycles. The molecule has 3 rings (SSSR count). The van der Waals surface area contributed by atoms with E-state index < -0.39 is 0 Å². The lowest BCUT2D eigenvalue weighted by Gasteiger charge is -2.36. The van der Waals surface area contributed by atoms with Crippen molar-refractivity contribution < 1.29 is 4.79 Å². The topological polar surface area (TPSA) is 36.4 Å². The van der Waals surface area contributed by atoms with Crippen molar-refractivity contribution in [1.82, 2.24) is 9.88 Å². The van der Waals surface area contributed by atoms with Gasteiger partial charge in [0.15, 0.2) is 0 Å². The van der Waals surface area contributed by atoms with E-state index in [1.807, 2.05) is 24.3 Å². The monoisotopic (exact) mass is 369 g/mol. The van der Waals surface area contributed by atoms with Crippen LogP contribution in [-0.4, -0.2) is 42.0 Å². The summed E-state index contributed by atoms with van der Waals surface area (Å²) < 4.78 is 0. The summed E-state index contributed by atoms with van der Waals surface area (Å²) in [6.45, 7) is 2.56. The van der Waals surface area contributed by atoms with Crippen molar-refractivity contribution in [2.45, 2.75) is 0 Å². The molecule has 1 aromatic carbocycles. The SMILES string of the molecule is O=C(c1nc(Cl)ccc1Cl)N1CCN(c2ccccc2Cl)CC1. The number of halogens is 3. The van der Waals surface area contributed by atoms with Gasteiger partial charge in [0.05, 0.1) is 15.7 Å². The molecule has 0 spiro atoms. The third kappa shape index (κ3) is 3.55. The van der Waals surface area contributed by atoms with Crippen LogP contribution in [0.1, 0.15) is 10.5 Å². The third-order valence-electron chi connectivity index (χ3n) is 3.77. The number of hydrogen-bond donors (Lipinski definition) is 0. The Hall–Kier alpha value is -1.49. The van der Waals surface area contributed by atoms with Gasteiger partial charge in [-0.3, -0.25) is 4.79 Å². The van der Waals surface area contributed by atoms with Gasteiger partial charge in [0.25, 0.3) is 5.91 Å². The molecule has 0 radical (unpaired) electrons. The molecule has 1 fully saturated rings. The van der Waals surface area contributed by atoms with Gasteiger partial charge in [-0.1, -0.05) is 46.9 Å². The van der Waals surface area contributed by atoms with Crippen LogP contribution in [0, 0.1) is 0 Å². The molecule has 0 atom stereocenters. The Labute approximate surface area is 149 Å². The van der Waals surface area contributed by atoms with E-state index in [0.717, 1.165) is 5.69 Å². The first-order valence-corrected chi connectivity index (χ1v) is 8.30. The summed E-state index contributed by atoms with van der Waals surface area (Å²) in [6.07, 6.45) is 0. The second kappa shape index (κ2) is 6.95. The van der Waals surface area contributed by atoms with Gasteiger partial charge in [0, 0.05) is 26.2 Å². The summed E-state index contributed by atoms with van der Waals surface area (Å²) in [7, 11) is 0. The van der Waals surface area contributed by atoms with E-state index in [1.165, 1.54) is 0 Å². The summed E-state index contributed by atoms with van der Waals surface area (Å²) in [5.74, 6) is -0.198. The molecular weight excluding hydrogens is 357 g/mol. The Morgan fingerprint density at radius 2 is 1.61 bits per heavy atom. The first kappa shape index (κ1) is 16.4. The van der Waals surface area contributed by atoms with Gasteiger partial charge < -0.3 is 9.80 Å². The Morgan fingerprint density at radius 3 is 2.30 bits per heavy atom. The first-order chi connectivity index (χ1) is 11.1. The fourth-order valence-corrected chi connectivity index (χ4v) is 3.17. The number of hydrogen-bond acceptors (Lipinski definition) is 3. The van der Waals surface area contributed by atoms with Gasteiger partial charge in [-0.15, -0.1) is 0 Å². The summed E-state index contributed by atoms with van der Waals surface area (Å²) in [5.41, 5.74) is 1.19. The maximum absolute atomic E-state index is 12.6. The van der Waals surface area contributed by atoms with Gasteiger partial charge in [-0.25, -0.2) is 4.98 Å². The fourth-order valence-electron chi connectivity index (χ4n) is 2.58. The van der Waals surface area contributed by atoms with E-state index in [1.54, 1.807) is 17.0 Å². The molecule has 4 nitrogen and oxygen atoms in total. The average molecular weight is 371 g/mol. The molecule has 120 valence electrons. The highest BCUT2D eigenvalue weighted by Gasteiger charge is 2.25. The summed E-state index contributed by atoms with van der Waals surface area (Å²) in [6, 6.07) is 10.9. The standard InChI is InChI=1S/C16H14Cl3N3O/c17-11-3-1-2-4-13(11)21-7-9-22(10-8-21)16(23)15-12(18)5-6-14(19)20-15/h1-6H,7-10H2. The van der Waals surface area contributed by atoms with Crippen LogP contribution in [0.4, 0.5) is 5.69 Å². The maximum atomic E-state index is 12.6. The van der Waals surface area contributed by atoms with Crippen LogP contribution in [0.25, 0.3) is 0 Å². The van der Waals surface area contributed by atoms with Crippen LogP contribution in [0.15, 0.2) is 36.4 Å². The molecular formula is C16H14Cl3N3O. The van der Waals surface area contributed by atoms with Crippen LogP contribution >= 0.6 is 34.8 Å². The van der Waals surface area contributed by atoms with Crippen molar-refractivity contribution in [2.75, 3.05) is 31.1 Å². The van der Waals surface area contributed by atoms with E-state index in [-0.39, 0.29) is 16.8 Å². The smallest absolute Gasteiger partial charge is 0.274 e. The van der Waals surface area contributed by atoms with Crippen LogP contribution < -0.4 is 4.90 Å². The molecule has 1 aliphatic heterocycles. The quantitative estimate of drug-likeness (QED) is 0.750. The van der Waals surface area contributed by atoms with Gasteiger partial charge in [-0.2, -0.15) is 0 Å². The number of carbonyl (C=O) groups excluding carboxylic acids is 1. The number of amides is 1. The number of anilines is 1. The molecule has 0 aliphatic carbocycles. The highest BCUT2D eigenvalue weighted by atomic mass is 35.5. The van der Waals surface area contributed by atoms with Gasteiger partial charge in [0.2, 0.25) is 0 Å². The molecule has 2 aromatic rings. The van der Waals surface area contributed by atoms with Crippen molar-refractivity contribution in [3.63, 3.8) is 0 Å². The Kier molecular flexibility index (Phi) is 4.95. The molecule has 0 bridgehead atoms. The molecule has 0 saturated carbocycles. The van der Waals surface area contributed by atoms with E-state index in [0.29, 0.717) is 36.2 Å². The molecule has 0 N–H and O–H groups in total. The van der Waals surface area contributed by atoms with Crippen LogP contribution in [0.5, 0.6) is 0 Å². The summed E-state index contributed by atoms with van der Waals surface area (Å²) >= 11 is 18.1. The van der Waals surface area contributed by atoms with Crippen molar-refractivity contribution in [3.05, 3.63) is 57.3 Å². The van der Waals surface area contributed by atoms with E-state index in [9.17, 15) is 4.79 Å². The average Bonchev–Trinajstić information content (AvgIpc) is 2.57. The number of aromatic nitrogens is 1. The van der Waals surface area contributed by atoms with Crippen LogP contribution in [0.3, 0.4) is 0 Å². The highest BCUT2D eigenvalue weighted by Crippen LogP contribution is 2.26. The fraction of sp³-hybridized carbons (Fsp3) is 0.250. The Balaban J connectivity index is 1.70. The zero-order valence-corrected chi connectivity index (χ0v) is 14.4. The predicted octanol–water partition coefficient (Wildman–Crippen LogP) is 4.00. The van der Waals surface area contributed by atoms with E-state index in [2.05, 4.69) is 9.88 Å². The number of carbonyl (C=O) groups is 1. The number of benzene rings is 1. The lowest BCUT2D eigenvalue weighted by Crippen LogP contribution is -2.49. The molecule has 2 heterocycles. The predicted molar refractivity (Wildman–Crippen MR) is 93.8 cm³/mol.